The van der Waals surface area contributed by atoms with Crippen LogP contribution in [0, 0.1) is 0 Å². The monoisotopic (exact) mass is 227 g/mol. The Balaban J connectivity index is 2.03. The number of anilines is 1. The molecule has 15 heavy (non-hydrogen) atoms. The molecule has 4 N–H and O–H groups in total. The first-order chi connectivity index (χ1) is 7.15. The number of nitrogens with two attached hydrogens (primary N) is 1. The molecule has 0 radical (unpaired) electrons. The van der Waals surface area contributed by atoms with Crippen LogP contribution in [0.1, 0.15) is 29.8 Å². The van der Waals surface area contributed by atoms with E-state index in [1.807, 2.05) is 0 Å². The first-order valence-corrected chi connectivity index (χ1v) is 5.68. The third-order valence-electron chi connectivity index (χ3n) is 2.75. The third-order valence-corrected chi connectivity index (χ3v) is 3.42. The molecule has 6 heteroatoms. The molecule has 1 amide bonds. The van der Waals surface area contributed by atoms with Crippen LogP contribution in [0.15, 0.2) is 5.38 Å². The summed E-state index contributed by atoms with van der Waals surface area (Å²) in [5, 5.41) is 14.0. The number of carbonyl (C=O) groups is 1. The molecule has 0 unspecified atom stereocenters. The molecule has 0 bridgehead atoms. The van der Waals surface area contributed by atoms with E-state index in [9.17, 15) is 9.90 Å². The van der Waals surface area contributed by atoms with Crippen molar-refractivity contribution in [2.75, 3.05) is 12.3 Å². The summed E-state index contributed by atoms with van der Waals surface area (Å²) in [4.78, 5) is 15.6. The first-order valence-electron chi connectivity index (χ1n) is 4.80. The molecule has 5 nitrogen and oxygen atoms in total. The van der Waals surface area contributed by atoms with Gasteiger partial charge in [-0.05, 0) is 19.3 Å². The van der Waals surface area contributed by atoms with Gasteiger partial charge in [-0.15, -0.1) is 11.3 Å². The second-order valence-electron chi connectivity index (χ2n) is 3.82. The zero-order chi connectivity index (χ0) is 10.9. The van der Waals surface area contributed by atoms with Crippen molar-refractivity contribution in [3.8, 4) is 0 Å². The van der Waals surface area contributed by atoms with Gasteiger partial charge in [-0.1, -0.05) is 0 Å². The van der Waals surface area contributed by atoms with E-state index in [2.05, 4.69) is 10.3 Å². The Morgan fingerprint density at radius 2 is 2.47 bits per heavy atom. The number of nitrogen functional groups attached to an aromatic ring is 1. The zero-order valence-corrected chi connectivity index (χ0v) is 9.01. The van der Waals surface area contributed by atoms with Crippen LogP contribution in [0.3, 0.4) is 0 Å². The van der Waals surface area contributed by atoms with Gasteiger partial charge in [-0.25, -0.2) is 4.98 Å². The Kier molecular flexibility index (Phi) is 2.62. The van der Waals surface area contributed by atoms with Crippen molar-refractivity contribution in [2.45, 2.75) is 24.8 Å². The number of nitrogens with one attached hydrogen (secondary N) is 1. The lowest BCUT2D eigenvalue weighted by Gasteiger charge is -2.40. The molecule has 82 valence electrons. The number of nitrogens with zero attached hydrogens (tertiary/aromatic N) is 1. The smallest absolute Gasteiger partial charge is 0.271 e. The molecule has 1 fully saturated rings. The van der Waals surface area contributed by atoms with Crippen molar-refractivity contribution in [3.05, 3.63) is 11.1 Å². The lowest BCUT2D eigenvalue weighted by Crippen LogP contribution is -2.56. The molecule has 1 heterocycles. The van der Waals surface area contributed by atoms with Crippen molar-refractivity contribution in [2.24, 2.45) is 0 Å². The van der Waals surface area contributed by atoms with Gasteiger partial charge in [0.2, 0.25) is 0 Å². The number of thiazole rings is 1. The fourth-order valence-electron chi connectivity index (χ4n) is 1.62. The summed E-state index contributed by atoms with van der Waals surface area (Å²) >= 11 is 1.24. The summed E-state index contributed by atoms with van der Waals surface area (Å²) in [6, 6.07) is 0. The van der Waals surface area contributed by atoms with Gasteiger partial charge >= 0.3 is 0 Å². The minimum atomic E-state index is -0.421. The maximum atomic E-state index is 11.7. The normalized spacial score (nSPS) is 18.2. The molecule has 0 atom stereocenters. The molecule has 2 rings (SSSR count). The van der Waals surface area contributed by atoms with E-state index >= 15 is 0 Å². The average molecular weight is 227 g/mol. The highest BCUT2D eigenvalue weighted by atomic mass is 32.1. The number of aliphatic hydroxyl groups excluding tert-OH is 1. The average Bonchev–Trinajstić information content (AvgIpc) is 2.58. The van der Waals surface area contributed by atoms with Crippen LogP contribution in [0.2, 0.25) is 0 Å². The Bertz CT molecular complexity index is 368. The lowest BCUT2D eigenvalue weighted by atomic mass is 9.77. The topological polar surface area (TPSA) is 88.2 Å². The molecule has 0 saturated heterocycles. The maximum Gasteiger partial charge on any atom is 0.271 e. The number of hydrogen-bond acceptors (Lipinski definition) is 5. The highest BCUT2D eigenvalue weighted by Crippen LogP contribution is 2.31. The van der Waals surface area contributed by atoms with Crippen molar-refractivity contribution >= 4 is 22.4 Å². The summed E-state index contributed by atoms with van der Waals surface area (Å²) in [5.41, 5.74) is 5.35. The molecule has 1 aliphatic carbocycles. The van der Waals surface area contributed by atoms with Gasteiger partial charge in [0.1, 0.15) is 5.69 Å². The number of amides is 1. The van der Waals surface area contributed by atoms with Gasteiger partial charge in [0.25, 0.3) is 5.91 Å². The second kappa shape index (κ2) is 3.79. The Morgan fingerprint density at radius 3 is 2.87 bits per heavy atom. The van der Waals surface area contributed by atoms with Crippen molar-refractivity contribution in [1.29, 1.82) is 0 Å². The van der Waals surface area contributed by atoms with Crippen LogP contribution in [0.5, 0.6) is 0 Å². The van der Waals surface area contributed by atoms with Gasteiger partial charge < -0.3 is 16.2 Å². The molecular formula is C9H13N3O2S. The highest BCUT2D eigenvalue weighted by molar-refractivity contribution is 7.13. The highest BCUT2D eigenvalue weighted by Gasteiger charge is 2.38. The quantitative estimate of drug-likeness (QED) is 0.696. The fraction of sp³-hybridized carbons (Fsp3) is 0.556. The summed E-state index contributed by atoms with van der Waals surface area (Å²) in [7, 11) is 0. The zero-order valence-electron chi connectivity index (χ0n) is 8.19. The summed E-state index contributed by atoms with van der Waals surface area (Å²) in [6.07, 6.45) is 2.70. The predicted molar refractivity (Wildman–Crippen MR) is 57.7 cm³/mol. The first kappa shape index (κ1) is 10.4. The van der Waals surface area contributed by atoms with Crippen LogP contribution in [0.4, 0.5) is 5.13 Å². The standard InChI is InChI=1S/C9H13N3O2S/c10-8-11-6(4-15-8)7(14)12-9(5-13)2-1-3-9/h4,13H,1-3,5H2,(H2,10,11)(H,12,14). The Hall–Kier alpha value is -1.14. The summed E-state index contributed by atoms with van der Waals surface area (Å²) in [5.74, 6) is -0.253. The molecule has 1 saturated carbocycles. The van der Waals surface area contributed by atoms with E-state index < -0.39 is 5.54 Å². The van der Waals surface area contributed by atoms with Gasteiger partial charge in [-0.2, -0.15) is 0 Å². The molecule has 1 aromatic heterocycles. The maximum absolute atomic E-state index is 11.7. The molecule has 1 aromatic rings. The number of aromatic nitrogens is 1. The van der Waals surface area contributed by atoms with Gasteiger partial charge in [0.05, 0.1) is 12.1 Å². The SMILES string of the molecule is Nc1nc(C(=O)NC2(CO)CCC2)cs1. The van der Waals surface area contributed by atoms with E-state index in [0.717, 1.165) is 19.3 Å². The van der Waals surface area contributed by atoms with E-state index in [0.29, 0.717) is 10.8 Å². The van der Waals surface area contributed by atoms with E-state index in [-0.39, 0.29) is 12.5 Å². The Labute approximate surface area is 91.3 Å². The minimum absolute atomic E-state index is 0.0155. The molecule has 0 aliphatic heterocycles. The third kappa shape index (κ3) is 1.95. The molecular weight excluding hydrogens is 214 g/mol. The van der Waals surface area contributed by atoms with Gasteiger partial charge in [0, 0.05) is 5.38 Å². The number of aliphatic hydroxyl groups is 1. The molecule has 1 aliphatic rings. The Morgan fingerprint density at radius 1 is 1.73 bits per heavy atom. The molecule has 0 aromatic carbocycles. The predicted octanol–water partition coefficient (Wildman–Crippen LogP) is 0.370. The van der Waals surface area contributed by atoms with Crippen LogP contribution in [-0.4, -0.2) is 28.1 Å². The lowest BCUT2D eigenvalue weighted by molar-refractivity contribution is 0.0638. The molecule has 0 spiro atoms. The number of carbonyl (C=O) groups excluding carboxylic acids is 1. The van der Waals surface area contributed by atoms with Gasteiger partial charge in [0.15, 0.2) is 5.13 Å². The van der Waals surface area contributed by atoms with Crippen molar-refractivity contribution in [1.82, 2.24) is 10.3 Å². The van der Waals surface area contributed by atoms with E-state index in [1.165, 1.54) is 11.3 Å². The van der Waals surface area contributed by atoms with Crippen LogP contribution in [0.25, 0.3) is 0 Å². The fourth-order valence-corrected chi connectivity index (χ4v) is 2.17. The largest absolute Gasteiger partial charge is 0.394 e. The van der Waals surface area contributed by atoms with E-state index in [1.54, 1.807) is 5.38 Å². The summed E-state index contributed by atoms with van der Waals surface area (Å²) in [6.45, 7) is -0.0155. The van der Waals surface area contributed by atoms with Crippen LogP contribution in [-0.2, 0) is 0 Å². The number of rotatable bonds is 3. The van der Waals surface area contributed by atoms with Crippen LogP contribution < -0.4 is 11.1 Å². The van der Waals surface area contributed by atoms with Crippen LogP contribution >= 0.6 is 11.3 Å². The van der Waals surface area contributed by atoms with Crippen molar-refractivity contribution in [3.63, 3.8) is 0 Å². The van der Waals surface area contributed by atoms with E-state index in [4.69, 9.17) is 5.73 Å². The minimum Gasteiger partial charge on any atom is -0.394 e. The second-order valence-corrected chi connectivity index (χ2v) is 4.71. The van der Waals surface area contributed by atoms with Gasteiger partial charge in [-0.3, -0.25) is 4.79 Å². The number of hydrogen-bond donors (Lipinski definition) is 3. The summed E-state index contributed by atoms with van der Waals surface area (Å²) < 4.78 is 0. The van der Waals surface area contributed by atoms with Crippen molar-refractivity contribution < 1.29 is 9.90 Å².